The van der Waals surface area contributed by atoms with Crippen molar-refractivity contribution in [2.24, 2.45) is 0 Å². The molecule has 0 bridgehead atoms. The molecule has 0 amide bonds. The second-order valence-electron chi connectivity index (χ2n) is 5.25. The van der Waals surface area contributed by atoms with Crippen LogP contribution in [0.4, 0.5) is 5.69 Å². The quantitative estimate of drug-likeness (QED) is 0.265. The maximum absolute atomic E-state index is 11.4. The van der Waals surface area contributed by atoms with Crippen molar-refractivity contribution in [1.29, 1.82) is 0 Å². The molecular formula is C16H11NO7S2. The van der Waals surface area contributed by atoms with Crippen LogP contribution in [0.25, 0.3) is 10.8 Å². The second-order valence-corrected chi connectivity index (χ2v) is 7.76. The van der Waals surface area contributed by atoms with Crippen molar-refractivity contribution in [2.75, 3.05) is 0 Å². The van der Waals surface area contributed by atoms with Gasteiger partial charge in [0, 0.05) is 21.7 Å². The number of phenols is 2. The molecule has 3 aromatic rings. The first kappa shape index (κ1) is 18.0. The summed E-state index contributed by atoms with van der Waals surface area (Å²) in [7, 11) is -4.49. The monoisotopic (exact) mass is 393 g/mol. The summed E-state index contributed by atoms with van der Waals surface area (Å²) >= 11 is 0.925. The van der Waals surface area contributed by atoms with Crippen LogP contribution >= 0.6 is 11.8 Å². The lowest BCUT2D eigenvalue weighted by Crippen LogP contribution is -1.98. The van der Waals surface area contributed by atoms with Crippen LogP contribution in [0.1, 0.15) is 0 Å². The topological polar surface area (TPSA) is 138 Å². The standard InChI is InChI=1S/C16H11NO7S2/c18-13-8-15(25-14-4-2-1-3-12(14)17(20)21)11-7-9(26(22,23)24)5-6-10(11)16(13)19/h1-8,18-19H,(H,22,23,24). The molecule has 0 aliphatic carbocycles. The molecule has 0 atom stereocenters. The van der Waals surface area contributed by atoms with E-state index in [0.717, 1.165) is 23.9 Å². The van der Waals surface area contributed by atoms with Gasteiger partial charge < -0.3 is 10.2 Å². The number of hydrogen-bond donors (Lipinski definition) is 3. The number of hydrogen-bond acceptors (Lipinski definition) is 7. The molecule has 26 heavy (non-hydrogen) atoms. The molecule has 0 spiro atoms. The SMILES string of the molecule is O=[N+]([O-])c1ccccc1Sc1cc(O)c(O)c2ccc(S(=O)(=O)O)cc12. The van der Waals surface area contributed by atoms with Crippen molar-refractivity contribution in [2.45, 2.75) is 14.7 Å². The second kappa shape index (κ2) is 6.48. The van der Waals surface area contributed by atoms with E-state index < -0.39 is 31.4 Å². The number of fused-ring (bicyclic) bond motifs is 1. The molecular weight excluding hydrogens is 382 g/mol. The summed E-state index contributed by atoms with van der Waals surface area (Å²) in [6, 6.07) is 10.5. The molecule has 0 aliphatic heterocycles. The molecule has 0 unspecified atom stereocenters. The fourth-order valence-corrected chi connectivity index (χ4v) is 3.99. The number of para-hydroxylation sites is 1. The third-order valence-corrected chi connectivity index (χ3v) is 5.57. The summed E-state index contributed by atoms with van der Waals surface area (Å²) < 4.78 is 32.0. The van der Waals surface area contributed by atoms with Crippen LogP contribution in [0.2, 0.25) is 0 Å². The number of nitrogens with zero attached hydrogens (tertiary/aromatic N) is 1. The van der Waals surface area contributed by atoms with Crippen LogP contribution in [-0.2, 0) is 10.1 Å². The van der Waals surface area contributed by atoms with Gasteiger partial charge >= 0.3 is 0 Å². The van der Waals surface area contributed by atoms with Gasteiger partial charge in [-0.15, -0.1) is 0 Å². The van der Waals surface area contributed by atoms with Crippen molar-refractivity contribution < 1.29 is 28.1 Å². The first-order valence-electron chi connectivity index (χ1n) is 7.06. The zero-order chi connectivity index (χ0) is 19.1. The zero-order valence-electron chi connectivity index (χ0n) is 12.9. The molecule has 8 nitrogen and oxygen atoms in total. The van der Waals surface area contributed by atoms with E-state index in [1.165, 1.54) is 30.3 Å². The fourth-order valence-electron chi connectivity index (χ4n) is 2.40. The summed E-state index contributed by atoms with van der Waals surface area (Å²) in [5, 5.41) is 31.4. The molecule has 3 aromatic carbocycles. The van der Waals surface area contributed by atoms with Gasteiger partial charge in [-0.25, -0.2) is 0 Å². The van der Waals surface area contributed by atoms with Gasteiger partial charge in [0.2, 0.25) is 0 Å². The summed E-state index contributed by atoms with van der Waals surface area (Å²) in [5.41, 5.74) is -0.163. The van der Waals surface area contributed by atoms with E-state index in [1.807, 2.05) is 0 Å². The Morgan fingerprint density at radius 2 is 1.65 bits per heavy atom. The van der Waals surface area contributed by atoms with Crippen LogP contribution in [0, 0.1) is 10.1 Å². The summed E-state index contributed by atoms with van der Waals surface area (Å²) in [4.78, 5) is 10.7. The first-order valence-corrected chi connectivity index (χ1v) is 9.31. The molecule has 10 heteroatoms. The van der Waals surface area contributed by atoms with E-state index in [-0.39, 0.29) is 26.3 Å². The van der Waals surface area contributed by atoms with Gasteiger partial charge in [0.15, 0.2) is 11.5 Å². The highest BCUT2D eigenvalue weighted by molar-refractivity contribution is 7.99. The van der Waals surface area contributed by atoms with Gasteiger partial charge in [-0.1, -0.05) is 23.9 Å². The van der Waals surface area contributed by atoms with Gasteiger partial charge in [-0.3, -0.25) is 14.7 Å². The van der Waals surface area contributed by atoms with Gasteiger partial charge in [0.1, 0.15) is 0 Å². The lowest BCUT2D eigenvalue weighted by molar-refractivity contribution is -0.387. The Kier molecular flexibility index (Phi) is 4.48. The minimum atomic E-state index is -4.49. The highest BCUT2D eigenvalue weighted by atomic mass is 32.2. The third-order valence-electron chi connectivity index (χ3n) is 3.60. The predicted molar refractivity (Wildman–Crippen MR) is 94.3 cm³/mol. The zero-order valence-corrected chi connectivity index (χ0v) is 14.5. The average Bonchev–Trinajstić information content (AvgIpc) is 2.58. The summed E-state index contributed by atoms with van der Waals surface area (Å²) in [6.07, 6.45) is 0. The number of benzene rings is 3. The van der Waals surface area contributed by atoms with E-state index in [4.69, 9.17) is 0 Å². The average molecular weight is 393 g/mol. The van der Waals surface area contributed by atoms with Gasteiger partial charge in [-0.2, -0.15) is 8.42 Å². The Balaban J connectivity index is 2.26. The van der Waals surface area contributed by atoms with Crippen LogP contribution in [0.15, 0.2) is 63.2 Å². The Hall–Kier alpha value is -2.82. The molecule has 0 aliphatic rings. The highest BCUT2D eigenvalue weighted by Gasteiger charge is 2.19. The minimum absolute atomic E-state index is 0.137. The molecule has 3 rings (SSSR count). The van der Waals surface area contributed by atoms with Gasteiger partial charge in [0.05, 0.1) is 14.7 Å². The van der Waals surface area contributed by atoms with Crippen LogP contribution in [-0.4, -0.2) is 28.1 Å². The lowest BCUT2D eigenvalue weighted by atomic mass is 10.1. The van der Waals surface area contributed by atoms with Crippen LogP contribution in [0.3, 0.4) is 0 Å². The van der Waals surface area contributed by atoms with Crippen molar-refractivity contribution in [3.8, 4) is 11.5 Å². The first-order chi connectivity index (χ1) is 12.2. The predicted octanol–water partition coefficient (Wildman–Crippen LogP) is 3.56. The number of nitro groups is 1. The number of phenolic OH excluding ortho intramolecular Hbond substituents is 2. The molecule has 3 N–H and O–H groups in total. The maximum Gasteiger partial charge on any atom is 0.294 e. The van der Waals surface area contributed by atoms with E-state index in [0.29, 0.717) is 0 Å². The van der Waals surface area contributed by atoms with Crippen molar-refractivity contribution in [3.05, 3.63) is 58.6 Å². The fraction of sp³-hybridized carbons (Fsp3) is 0. The Morgan fingerprint density at radius 1 is 0.962 bits per heavy atom. The molecule has 0 aromatic heterocycles. The van der Waals surface area contributed by atoms with E-state index in [2.05, 4.69) is 0 Å². The summed E-state index contributed by atoms with van der Waals surface area (Å²) in [6.45, 7) is 0. The molecule has 0 saturated heterocycles. The van der Waals surface area contributed by atoms with Crippen molar-refractivity contribution in [3.63, 3.8) is 0 Å². The molecule has 0 fully saturated rings. The minimum Gasteiger partial charge on any atom is -0.504 e. The summed E-state index contributed by atoms with van der Waals surface area (Å²) in [5.74, 6) is -0.924. The van der Waals surface area contributed by atoms with Crippen LogP contribution < -0.4 is 0 Å². The van der Waals surface area contributed by atoms with Gasteiger partial charge in [-0.05, 0) is 30.3 Å². The number of nitro benzene ring substituents is 1. The maximum atomic E-state index is 11.4. The van der Waals surface area contributed by atoms with Crippen LogP contribution in [0.5, 0.6) is 11.5 Å². The molecule has 0 saturated carbocycles. The Labute approximate surface area is 151 Å². The van der Waals surface area contributed by atoms with E-state index in [1.54, 1.807) is 6.07 Å². The van der Waals surface area contributed by atoms with Crippen molar-refractivity contribution in [1.82, 2.24) is 0 Å². The smallest absolute Gasteiger partial charge is 0.294 e. The van der Waals surface area contributed by atoms with Crippen molar-refractivity contribution >= 4 is 38.3 Å². The normalized spacial score (nSPS) is 11.6. The number of aromatic hydroxyl groups is 2. The van der Waals surface area contributed by atoms with E-state index in [9.17, 15) is 33.3 Å². The Bertz CT molecular complexity index is 1140. The lowest BCUT2D eigenvalue weighted by Gasteiger charge is -2.11. The molecule has 0 heterocycles. The van der Waals surface area contributed by atoms with Gasteiger partial charge in [0.25, 0.3) is 15.8 Å². The largest absolute Gasteiger partial charge is 0.504 e. The number of rotatable bonds is 4. The highest BCUT2D eigenvalue weighted by Crippen LogP contribution is 2.44. The molecule has 134 valence electrons. The van der Waals surface area contributed by atoms with E-state index >= 15 is 0 Å². The molecule has 0 radical (unpaired) electrons. The Morgan fingerprint density at radius 3 is 2.31 bits per heavy atom. The third kappa shape index (κ3) is 3.29.